The van der Waals surface area contributed by atoms with Gasteiger partial charge in [-0.05, 0) is 35.6 Å². The second kappa shape index (κ2) is 9.16. The number of amides is 1. The molecule has 0 aliphatic carbocycles. The van der Waals surface area contributed by atoms with Gasteiger partial charge >= 0.3 is 0 Å². The van der Waals surface area contributed by atoms with Crippen LogP contribution in [0.2, 0.25) is 0 Å². The Labute approximate surface area is 207 Å². The van der Waals surface area contributed by atoms with Gasteiger partial charge in [-0.3, -0.25) is 15.2 Å². The number of carbonyl (C=O) groups excluding carboxylic acids is 1. The molecule has 8 nitrogen and oxygen atoms in total. The first-order chi connectivity index (χ1) is 17.1. The Morgan fingerprint density at radius 3 is 2.91 bits per heavy atom. The first-order valence-corrected chi connectivity index (χ1v) is 13.0. The number of aromatic nitrogens is 3. The van der Waals surface area contributed by atoms with Crippen LogP contribution < -0.4 is 21.5 Å². The van der Waals surface area contributed by atoms with E-state index in [-0.39, 0.29) is 23.9 Å². The average Bonchev–Trinajstić information content (AvgIpc) is 3.62. The smallest absolute Gasteiger partial charge is 0.226 e. The molecule has 5 N–H and O–H groups in total. The SMILES string of the molecule is CC(C)C(=O)Nc1cncc(C2CC3C(CN2)NNC3c2nc3c(-c4cccs4)cccc3[nH]2)c1. The fourth-order valence-electron chi connectivity index (χ4n) is 5.13. The topological polar surface area (TPSA) is 107 Å². The molecule has 9 heteroatoms. The number of hydrogen-bond acceptors (Lipinski definition) is 7. The second-order valence-electron chi connectivity index (χ2n) is 9.69. The van der Waals surface area contributed by atoms with Crippen molar-refractivity contribution in [3.8, 4) is 10.4 Å². The molecule has 0 spiro atoms. The number of nitrogens with zero attached hydrogens (tertiary/aromatic N) is 2. The van der Waals surface area contributed by atoms with Crippen molar-refractivity contribution in [3.63, 3.8) is 0 Å². The number of carbonyl (C=O) groups is 1. The number of anilines is 1. The molecule has 2 aliphatic rings. The molecule has 3 aromatic heterocycles. The zero-order valence-corrected chi connectivity index (χ0v) is 20.5. The number of aromatic amines is 1. The molecular weight excluding hydrogens is 458 g/mol. The number of rotatable bonds is 5. The lowest BCUT2D eigenvalue weighted by Crippen LogP contribution is -2.46. The molecule has 1 amide bonds. The number of thiophene rings is 1. The standard InChI is InChI=1S/C26H29N7OS/c1-14(2)26(34)29-16-9-15(11-27-12-16)20-10-18-21(13-28-20)32-33-24(18)25-30-19-6-3-5-17(23(19)31-25)22-7-4-8-35-22/h3-9,11-12,14,18,20-21,24,28,32-33H,10,13H2,1-2H3,(H,29,34)(H,30,31). The molecule has 0 radical (unpaired) electrons. The maximum atomic E-state index is 12.1. The van der Waals surface area contributed by atoms with E-state index in [2.05, 4.69) is 67.2 Å². The van der Waals surface area contributed by atoms with Crippen molar-refractivity contribution in [2.75, 3.05) is 11.9 Å². The fraction of sp³-hybridized carbons (Fsp3) is 0.346. The third-order valence-electron chi connectivity index (χ3n) is 7.03. The summed E-state index contributed by atoms with van der Waals surface area (Å²) in [7, 11) is 0. The summed E-state index contributed by atoms with van der Waals surface area (Å²) in [5.74, 6) is 1.23. The van der Waals surface area contributed by atoms with Crippen LogP contribution in [0.25, 0.3) is 21.5 Å². The van der Waals surface area contributed by atoms with Gasteiger partial charge in [0.1, 0.15) is 5.82 Å². The average molecular weight is 488 g/mol. The zero-order valence-electron chi connectivity index (χ0n) is 19.7. The van der Waals surface area contributed by atoms with Crippen LogP contribution in [0.15, 0.2) is 54.2 Å². The number of hydrazine groups is 1. The lowest BCUT2D eigenvalue weighted by molar-refractivity contribution is -0.118. The molecular formula is C26H29N7OS. The van der Waals surface area contributed by atoms with Gasteiger partial charge in [-0.1, -0.05) is 32.0 Å². The van der Waals surface area contributed by atoms with Crippen LogP contribution in [0.1, 0.15) is 43.7 Å². The highest BCUT2D eigenvalue weighted by molar-refractivity contribution is 7.13. The van der Waals surface area contributed by atoms with Crippen LogP contribution >= 0.6 is 11.3 Å². The summed E-state index contributed by atoms with van der Waals surface area (Å²) in [4.78, 5) is 26.4. The number of benzene rings is 1. The Bertz CT molecular complexity index is 1350. The zero-order chi connectivity index (χ0) is 23.9. The normalized spacial score (nSPS) is 24.1. The summed E-state index contributed by atoms with van der Waals surface area (Å²) in [5, 5.41) is 8.72. The Kier molecular flexibility index (Phi) is 5.85. The molecule has 35 heavy (non-hydrogen) atoms. The molecule has 6 rings (SSSR count). The number of fused-ring (bicyclic) bond motifs is 2. The fourth-order valence-corrected chi connectivity index (χ4v) is 5.88. The lowest BCUT2D eigenvalue weighted by atomic mass is 9.82. The van der Waals surface area contributed by atoms with Gasteiger partial charge in [-0.15, -0.1) is 11.3 Å². The summed E-state index contributed by atoms with van der Waals surface area (Å²) in [6.45, 7) is 4.61. The van der Waals surface area contributed by atoms with Crippen molar-refractivity contribution >= 4 is 34.0 Å². The molecule has 180 valence electrons. The van der Waals surface area contributed by atoms with Gasteiger partial charge in [-0.25, -0.2) is 10.4 Å². The van der Waals surface area contributed by atoms with Gasteiger partial charge in [0.15, 0.2) is 0 Å². The lowest BCUT2D eigenvalue weighted by Gasteiger charge is -2.34. The van der Waals surface area contributed by atoms with Crippen molar-refractivity contribution in [1.29, 1.82) is 0 Å². The van der Waals surface area contributed by atoms with E-state index in [1.165, 1.54) is 4.88 Å². The molecule has 4 atom stereocenters. The molecule has 2 fully saturated rings. The van der Waals surface area contributed by atoms with Gasteiger partial charge in [0.05, 0.1) is 29.0 Å². The summed E-state index contributed by atoms with van der Waals surface area (Å²) in [6, 6.07) is 13.1. The minimum atomic E-state index is -0.0762. The van der Waals surface area contributed by atoms with Gasteiger partial charge in [-0.2, -0.15) is 0 Å². The second-order valence-corrected chi connectivity index (χ2v) is 10.6. The molecule has 4 aromatic rings. The summed E-state index contributed by atoms with van der Waals surface area (Å²) >= 11 is 1.73. The van der Waals surface area contributed by atoms with Crippen molar-refractivity contribution < 1.29 is 4.79 Å². The van der Waals surface area contributed by atoms with E-state index >= 15 is 0 Å². The third-order valence-corrected chi connectivity index (χ3v) is 7.93. The maximum absolute atomic E-state index is 12.1. The van der Waals surface area contributed by atoms with Gasteiger partial charge in [0.25, 0.3) is 0 Å². The Morgan fingerprint density at radius 1 is 1.17 bits per heavy atom. The van der Waals surface area contributed by atoms with E-state index in [0.29, 0.717) is 12.0 Å². The molecule has 0 bridgehead atoms. The Balaban J connectivity index is 1.25. The van der Waals surface area contributed by atoms with Crippen LogP contribution in [0.3, 0.4) is 0 Å². The molecule has 5 heterocycles. The number of hydrogen-bond donors (Lipinski definition) is 5. The third kappa shape index (κ3) is 4.25. The molecule has 4 unspecified atom stereocenters. The Hall–Kier alpha value is -3.11. The van der Waals surface area contributed by atoms with Crippen LogP contribution in [0, 0.1) is 11.8 Å². The van der Waals surface area contributed by atoms with Crippen LogP contribution in [0.5, 0.6) is 0 Å². The van der Waals surface area contributed by atoms with E-state index in [0.717, 1.165) is 46.6 Å². The summed E-state index contributed by atoms with van der Waals surface area (Å²) in [6.07, 6.45) is 4.52. The minimum Gasteiger partial charge on any atom is -0.341 e. The highest BCUT2D eigenvalue weighted by atomic mass is 32.1. The molecule has 2 saturated heterocycles. The number of H-pyrrole nitrogens is 1. The number of imidazole rings is 1. The number of para-hydroxylation sites is 1. The number of nitrogens with one attached hydrogen (secondary N) is 5. The van der Waals surface area contributed by atoms with Crippen LogP contribution in [-0.4, -0.2) is 33.4 Å². The van der Waals surface area contributed by atoms with Crippen molar-refractivity contribution in [2.24, 2.45) is 11.8 Å². The van der Waals surface area contributed by atoms with Crippen molar-refractivity contribution in [2.45, 2.75) is 38.4 Å². The van der Waals surface area contributed by atoms with Crippen LogP contribution in [0.4, 0.5) is 5.69 Å². The Morgan fingerprint density at radius 2 is 2.09 bits per heavy atom. The van der Waals surface area contributed by atoms with E-state index in [9.17, 15) is 4.79 Å². The number of piperidine rings is 1. The minimum absolute atomic E-state index is 0.00308. The summed E-state index contributed by atoms with van der Waals surface area (Å²) in [5.41, 5.74) is 12.0. The van der Waals surface area contributed by atoms with Crippen LogP contribution in [-0.2, 0) is 4.79 Å². The summed E-state index contributed by atoms with van der Waals surface area (Å²) < 4.78 is 0. The molecule has 2 aliphatic heterocycles. The predicted octanol–water partition coefficient (Wildman–Crippen LogP) is 4.15. The largest absolute Gasteiger partial charge is 0.341 e. The van der Waals surface area contributed by atoms with E-state index in [1.807, 2.05) is 26.1 Å². The first kappa shape index (κ1) is 22.4. The predicted molar refractivity (Wildman–Crippen MR) is 139 cm³/mol. The van der Waals surface area contributed by atoms with E-state index in [4.69, 9.17) is 4.98 Å². The first-order valence-electron chi connectivity index (χ1n) is 12.1. The highest BCUT2D eigenvalue weighted by Gasteiger charge is 2.42. The van der Waals surface area contributed by atoms with Crippen molar-refractivity contribution in [1.82, 2.24) is 31.1 Å². The van der Waals surface area contributed by atoms with E-state index in [1.54, 1.807) is 17.5 Å². The van der Waals surface area contributed by atoms with Gasteiger partial charge < -0.3 is 15.6 Å². The monoisotopic (exact) mass is 487 g/mol. The number of pyridine rings is 1. The quantitative estimate of drug-likeness (QED) is 0.290. The maximum Gasteiger partial charge on any atom is 0.226 e. The van der Waals surface area contributed by atoms with E-state index < -0.39 is 0 Å². The molecule has 0 saturated carbocycles. The van der Waals surface area contributed by atoms with Gasteiger partial charge in [0, 0.05) is 47.1 Å². The highest BCUT2D eigenvalue weighted by Crippen LogP contribution is 2.39. The van der Waals surface area contributed by atoms with Gasteiger partial charge in [0.2, 0.25) is 5.91 Å². The molecule has 1 aromatic carbocycles. The van der Waals surface area contributed by atoms with Crippen molar-refractivity contribution in [3.05, 3.63) is 65.6 Å².